The Hall–Kier alpha value is -5.25. The van der Waals surface area contributed by atoms with Crippen molar-refractivity contribution >= 4 is 29.6 Å². The van der Waals surface area contributed by atoms with Gasteiger partial charge in [0.15, 0.2) is 17.5 Å². The zero-order chi connectivity index (χ0) is 42.7. The molecule has 3 aromatic carbocycles. The van der Waals surface area contributed by atoms with Gasteiger partial charge in [-0.05, 0) is 54.8 Å². The number of carbonyl (C=O) groups is 5. The predicted octanol–water partition coefficient (Wildman–Crippen LogP) is 3.16. The minimum atomic E-state index is -2.35. The third-order valence-electron chi connectivity index (χ3n) is 13.2. The van der Waals surface area contributed by atoms with Gasteiger partial charge in [0.05, 0.1) is 35.6 Å². The minimum Gasteiger partial charge on any atom is -0.456 e. The van der Waals surface area contributed by atoms with Crippen molar-refractivity contribution in [2.45, 2.75) is 101 Å². The second-order valence-corrected chi connectivity index (χ2v) is 16.8. The summed E-state index contributed by atoms with van der Waals surface area (Å²) < 4.78 is 24.2. The zero-order valence-corrected chi connectivity index (χ0v) is 33.4. The molecule has 3 aliphatic carbocycles. The van der Waals surface area contributed by atoms with E-state index in [0.717, 1.165) is 6.92 Å². The van der Waals surface area contributed by atoms with Gasteiger partial charge in [-0.3, -0.25) is 14.4 Å². The van der Waals surface area contributed by atoms with Gasteiger partial charge in [-0.15, -0.1) is 0 Å². The molecule has 7 rings (SSSR count). The van der Waals surface area contributed by atoms with Crippen molar-refractivity contribution in [2.75, 3.05) is 6.61 Å². The maximum Gasteiger partial charge on any atom is 0.338 e. The molecular weight excluding hydrogens is 762 g/mol. The van der Waals surface area contributed by atoms with E-state index in [-0.39, 0.29) is 35.3 Å². The Kier molecular flexibility index (Phi) is 10.9. The molecule has 14 heteroatoms. The van der Waals surface area contributed by atoms with E-state index in [0.29, 0.717) is 5.56 Å². The fraction of sp³-hybridized carbons (Fsp3) is 0.444. The van der Waals surface area contributed by atoms with Gasteiger partial charge >= 0.3 is 17.9 Å². The van der Waals surface area contributed by atoms with Gasteiger partial charge in [-0.1, -0.05) is 80.6 Å². The molecule has 1 amide bonds. The topological polar surface area (TPSA) is 215 Å². The van der Waals surface area contributed by atoms with E-state index >= 15 is 0 Å². The molecule has 14 nitrogen and oxygen atoms in total. The lowest BCUT2D eigenvalue weighted by atomic mass is 9.44. The van der Waals surface area contributed by atoms with Gasteiger partial charge in [0.2, 0.25) is 0 Å². The molecule has 5 N–H and O–H groups in total. The highest BCUT2D eigenvalue weighted by Crippen LogP contribution is 2.64. The minimum absolute atomic E-state index is 0.0540. The smallest absolute Gasteiger partial charge is 0.338 e. The Morgan fingerprint density at radius 2 is 1.44 bits per heavy atom. The molecule has 0 unspecified atom stereocenters. The largest absolute Gasteiger partial charge is 0.456 e. The Morgan fingerprint density at radius 1 is 0.864 bits per heavy atom. The number of carbonyl (C=O) groups excluding carboxylic acids is 5. The van der Waals surface area contributed by atoms with E-state index in [1.807, 2.05) is 0 Å². The van der Waals surface area contributed by atoms with Gasteiger partial charge < -0.3 is 44.7 Å². The van der Waals surface area contributed by atoms with Gasteiger partial charge in [0, 0.05) is 30.7 Å². The fourth-order valence-corrected chi connectivity index (χ4v) is 9.94. The van der Waals surface area contributed by atoms with Crippen molar-refractivity contribution < 1.29 is 63.3 Å². The summed E-state index contributed by atoms with van der Waals surface area (Å²) in [5.74, 6) is -5.89. The number of aliphatic hydroxyl groups is 4. The molecule has 0 radical (unpaired) electrons. The van der Waals surface area contributed by atoms with E-state index < -0.39 is 107 Å². The summed E-state index contributed by atoms with van der Waals surface area (Å²) >= 11 is 0. The van der Waals surface area contributed by atoms with Crippen LogP contribution in [-0.4, -0.2) is 104 Å². The Morgan fingerprint density at radius 3 is 2.00 bits per heavy atom. The van der Waals surface area contributed by atoms with Crippen LogP contribution in [0.25, 0.3) is 0 Å². The first kappa shape index (κ1) is 41.9. The van der Waals surface area contributed by atoms with Gasteiger partial charge in [-0.2, -0.15) is 0 Å². The third-order valence-corrected chi connectivity index (χ3v) is 13.2. The van der Waals surface area contributed by atoms with E-state index in [4.69, 9.17) is 18.9 Å². The molecule has 1 heterocycles. The maximum absolute atomic E-state index is 15.0. The summed E-state index contributed by atoms with van der Waals surface area (Å²) in [6.07, 6.45) is -10.5. The third kappa shape index (κ3) is 6.76. The summed E-state index contributed by atoms with van der Waals surface area (Å²) in [6.45, 7) is 6.89. The summed E-state index contributed by atoms with van der Waals surface area (Å²) in [6, 6.07) is 23.1. The monoisotopic (exact) mass is 811 g/mol. The number of benzene rings is 3. The molecule has 4 aliphatic rings. The molecule has 3 fully saturated rings. The standard InChI is InChI=1S/C45H49NO13/c1-24-29(57-41(54)35(50)33(26-15-9-6-10-16-26)46-39(52)27-17-11-7-12-18-27)22-45(55)38(58-40(53)28-19-13-8-14-20-28)36-43(5,37(51)34(49)32(24)42(45,3)4)30(48)21-31-44(36,23-56-31)59-25(2)47/h6-20,29-31,33-36,38,48-50,55H,21-23H2,1-5H3,(H,46,52)/t29-,30+,31-,33-,34-,35-,36+,38-,43+,44-,45-/m1/s1. The summed E-state index contributed by atoms with van der Waals surface area (Å²) in [7, 11) is 0. The molecule has 3 aromatic rings. The number of aliphatic hydroxyl groups excluding tert-OH is 3. The molecule has 1 saturated heterocycles. The second-order valence-electron chi connectivity index (χ2n) is 16.8. The Bertz CT molecular complexity index is 2160. The number of rotatable bonds is 9. The first-order chi connectivity index (χ1) is 27.9. The number of ketones is 1. The maximum atomic E-state index is 15.0. The molecule has 2 bridgehead atoms. The lowest BCUT2D eigenvalue weighted by Gasteiger charge is -2.67. The molecule has 312 valence electrons. The number of amides is 1. The Labute approximate surface area is 341 Å². The van der Waals surface area contributed by atoms with Crippen LogP contribution in [0, 0.1) is 16.7 Å². The molecule has 0 spiro atoms. The summed E-state index contributed by atoms with van der Waals surface area (Å²) in [5, 5.41) is 51.9. The normalized spacial score (nSPS) is 33.0. The second kappa shape index (κ2) is 15.4. The molecular formula is C45H49NO13. The van der Waals surface area contributed by atoms with Crippen molar-refractivity contribution in [1.29, 1.82) is 0 Å². The Balaban J connectivity index is 1.34. The molecule has 2 saturated carbocycles. The number of fused-ring (bicyclic) bond motifs is 5. The number of Topliss-reactive ketones (excluding diaryl/α,β-unsaturated/α-hetero) is 1. The van der Waals surface area contributed by atoms with Crippen LogP contribution in [0.2, 0.25) is 0 Å². The van der Waals surface area contributed by atoms with Gasteiger partial charge in [-0.25, -0.2) is 9.59 Å². The van der Waals surface area contributed by atoms with E-state index in [1.54, 1.807) is 92.7 Å². The molecule has 1 aliphatic heterocycles. The lowest BCUT2D eigenvalue weighted by Crippen LogP contribution is -2.81. The van der Waals surface area contributed by atoms with E-state index in [9.17, 15) is 44.4 Å². The highest BCUT2D eigenvalue weighted by Gasteiger charge is 2.78. The lowest BCUT2D eigenvalue weighted by molar-refractivity contribution is -0.346. The van der Waals surface area contributed by atoms with Crippen LogP contribution < -0.4 is 5.32 Å². The van der Waals surface area contributed by atoms with Crippen LogP contribution in [0.4, 0.5) is 0 Å². The first-order valence-electron chi connectivity index (χ1n) is 19.6. The zero-order valence-electron chi connectivity index (χ0n) is 33.4. The number of ether oxygens (including phenoxy) is 4. The molecule has 59 heavy (non-hydrogen) atoms. The number of hydrogen-bond donors (Lipinski definition) is 5. The van der Waals surface area contributed by atoms with Gasteiger partial charge in [0.25, 0.3) is 5.91 Å². The summed E-state index contributed by atoms with van der Waals surface area (Å²) in [5.41, 5.74) is -6.86. The highest BCUT2D eigenvalue weighted by atomic mass is 16.6. The van der Waals surface area contributed by atoms with Crippen molar-refractivity contribution in [3.63, 3.8) is 0 Å². The van der Waals surface area contributed by atoms with Crippen molar-refractivity contribution in [3.8, 4) is 0 Å². The number of hydrogen-bond acceptors (Lipinski definition) is 13. The number of nitrogens with one attached hydrogen (secondary N) is 1. The molecule has 11 atom stereocenters. The van der Waals surface area contributed by atoms with Crippen molar-refractivity contribution in [1.82, 2.24) is 5.32 Å². The van der Waals surface area contributed by atoms with Crippen LogP contribution >= 0.6 is 0 Å². The van der Waals surface area contributed by atoms with Gasteiger partial charge in [0.1, 0.15) is 30.0 Å². The van der Waals surface area contributed by atoms with Crippen molar-refractivity contribution in [3.05, 3.63) is 119 Å². The van der Waals surface area contributed by atoms with Crippen LogP contribution in [0.1, 0.15) is 79.8 Å². The SMILES string of the molecule is CC(=O)O[C@]12CO[C@@H]1C[C@H](O)[C@]1(C)C(=O)[C@H](O)C3=C(C)[C@H](OC(=O)[C@H](O)[C@H](NC(=O)c4ccccc4)c4ccccc4)C[C@@](O)([C@H](OC(=O)c4ccccc4)[C@H]21)C3(C)C. The predicted molar refractivity (Wildman–Crippen MR) is 208 cm³/mol. The van der Waals surface area contributed by atoms with Crippen LogP contribution in [0.3, 0.4) is 0 Å². The van der Waals surface area contributed by atoms with E-state index in [2.05, 4.69) is 5.32 Å². The number of esters is 3. The first-order valence-corrected chi connectivity index (χ1v) is 19.6. The average Bonchev–Trinajstić information content (AvgIpc) is 3.21. The van der Waals surface area contributed by atoms with Crippen LogP contribution in [-0.2, 0) is 33.3 Å². The van der Waals surface area contributed by atoms with Crippen molar-refractivity contribution in [2.24, 2.45) is 16.7 Å². The summed E-state index contributed by atoms with van der Waals surface area (Å²) in [4.78, 5) is 69.5. The van der Waals surface area contributed by atoms with Crippen LogP contribution in [0.15, 0.2) is 102 Å². The average molecular weight is 812 g/mol. The van der Waals surface area contributed by atoms with Crippen LogP contribution in [0.5, 0.6) is 0 Å². The van der Waals surface area contributed by atoms with E-state index in [1.165, 1.54) is 26.0 Å². The highest BCUT2D eigenvalue weighted by molar-refractivity contribution is 5.95. The fourth-order valence-electron chi connectivity index (χ4n) is 9.94. The quantitative estimate of drug-likeness (QED) is 0.120. The molecule has 0 aromatic heterocycles.